The highest BCUT2D eigenvalue weighted by atomic mass is 32.1. The average molecular weight is 572 g/mol. The Balaban J connectivity index is 1.88. The van der Waals surface area contributed by atoms with E-state index in [9.17, 15) is 24.3 Å². The van der Waals surface area contributed by atoms with Crippen molar-refractivity contribution in [1.29, 1.82) is 0 Å². The van der Waals surface area contributed by atoms with Gasteiger partial charge in [0.2, 0.25) is 23.6 Å². The van der Waals surface area contributed by atoms with Crippen molar-refractivity contribution in [3.63, 3.8) is 0 Å². The molecule has 4 atom stereocenters. The first kappa shape index (κ1) is 31.2. The molecule has 1 aromatic carbocycles. The number of aromatic nitrogens is 1. The van der Waals surface area contributed by atoms with E-state index in [1.54, 1.807) is 19.4 Å². The summed E-state index contributed by atoms with van der Waals surface area (Å²) in [4.78, 5) is 58.2. The molecule has 10 nitrogen and oxygen atoms in total. The maximum Gasteiger partial charge on any atom is 0.246 e. The second kappa shape index (κ2) is 12.5. The number of hydrogen-bond acceptors (Lipinski definition) is 7. The van der Waals surface area contributed by atoms with Gasteiger partial charge in [-0.15, -0.1) is 11.3 Å². The zero-order valence-corrected chi connectivity index (χ0v) is 25.3. The first-order valence-electron chi connectivity index (χ1n) is 13.5. The zero-order valence-electron chi connectivity index (χ0n) is 24.5. The lowest BCUT2D eigenvalue weighted by Gasteiger charge is -2.35. The Bertz CT molecular complexity index is 1270. The molecule has 0 aliphatic carbocycles. The van der Waals surface area contributed by atoms with Crippen LogP contribution in [0.5, 0.6) is 0 Å². The van der Waals surface area contributed by atoms with Crippen LogP contribution in [0.25, 0.3) is 10.4 Å². The lowest BCUT2D eigenvalue weighted by atomic mass is 9.85. The van der Waals surface area contributed by atoms with Crippen LogP contribution in [-0.2, 0) is 19.2 Å². The molecule has 0 unspecified atom stereocenters. The van der Waals surface area contributed by atoms with Crippen LogP contribution in [0.2, 0.25) is 0 Å². The molecule has 0 bridgehead atoms. The van der Waals surface area contributed by atoms with Crippen LogP contribution >= 0.6 is 11.3 Å². The summed E-state index contributed by atoms with van der Waals surface area (Å²) in [5, 5.41) is 19.1. The standard InChI is InChI=1S/C29H41N5O5S/c1-15(2)26(37)33-22-11-19(24-17(4)30-14-40-24)9-10-21(22)16(3)31-27(38)23-12-20(36)13-34(23)28(39)25(29(6,7)8)32-18(5)35/h9-11,14-16,20,23,25,36H,12-13H2,1-8H3,(H,31,38)(H,32,35)(H,33,37)/t16-,20+,23-,25+/m0/s1. The number of β-amino-alcohol motifs (C(OH)–C–C–N with tert-alkyl or cyclic N) is 1. The lowest BCUT2D eigenvalue weighted by molar-refractivity contribution is -0.144. The van der Waals surface area contributed by atoms with Crippen molar-refractivity contribution in [2.24, 2.45) is 11.3 Å². The van der Waals surface area contributed by atoms with Crippen molar-refractivity contribution in [3.05, 3.63) is 35.0 Å². The molecule has 218 valence electrons. The van der Waals surface area contributed by atoms with Gasteiger partial charge in [0.15, 0.2) is 0 Å². The van der Waals surface area contributed by atoms with Crippen molar-refractivity contribution < 1.29 is 24.3 Å². The molecule has 1 aliphatic rings. The highest BCUT2D eigenvalue weighted by Gasteiger charge is 2.44. The van der Waals surface area contributed by atoms with Crippen molar-refractivity contribution in [1.82, 2.24) is 20.5 Å². The number of hydrogen-bond donors (Lipinski definition) is 4. The normalized spacial score (nSPS) is 18.8. The molecule has 0 radical (unpaired) electrons. The molecule has 3 rings (SSSR count). The predicted octanol–water partition coefficient (Wildman–Crippen LogP) is 3.40. The molecule has 40 heavy (non-hydrogen) atoms. The summed E-state index contributed by atoms with van der Waals surface area (Å²) in [5.74, 6) is -1.58. The molecule has 1 aliphatic heterocycles. The number of nitrogens with one attached hydrogen (secondary N) is 3. The minimum atomic E-state index is -0.906. The third-order valence-corrected chi connectivity index (χ3v) is 7.97. The number of aryl methyl sites for hydroxylation is 1. The minimum absolute atomic E-state index is 0.00391. The van der Waals surface area contributed by atoms with Gasteiger partial charge >= 0.3 is 0 Å². The minimum Gasteiger partial charge on any atom is -0.391 e. The summed E-state index contributed by atoms with van der Waals surface area (Å²) >= 11 is 1.51. The van der Waals surface area contributed by atoms with Crippen LogP contribution in [0.4, 0.5) is 5.69 Å². The summed E-state index contributed by atoms with van der Waals surface area (Å²) < 4.78 is 0. The number of aliphatic hydroxyl groups is 1. The van der Waals surface area contributed by atoms with Crippen molar-refractivity contribution >= 4 is 40.7 Å². The number of thiazole rings is 1. The number of anilines is 1. The summed E-state index contributed by atoms with van der Waals surface area (Å²) in [6, 6.07) is 3.40. The zero-order chi connectivity index (χ0) is 29.9. The Morgan fingerprint density at radius 3 is 2.35 bits per heavy atom. The Labute approximate surface area is 239 Å². The van der Waals surface area contributed by atoms with E-state index in [1.165, 1.54) is 23.2 Å². The quantitative estimate of drug-likeness (QED) is 0.383. The number of nitrogens with zero attached hydrogens (tertiary/aromatic N) is 2. The first-order valence-corrected chi connectivity index (χ1v) is 14.4. The topological polar surface area (TPSA) is 141 Å². The summed E-state index contributed by atoms with van der Waals surface area (Å²) in [6.07, 6.45) is -0.780. The van der Waals surface area contributed by atoms with Crippen molar-refractivity contribution in [2.45, 2.75) is 86.0 Å². The monoisotopic (exact) mass is 571 g/mol. The van der Waals surface area contributed by atoms with Gasteiger partial charge in [0, 0.05) is 31.5 Å². The predicted molar refractivity (Wildman–Crippen MR) is 155 cm³/mol. The summed E-state index contributed by atoms with van der Waals surface area (Å²) in [5.41, 5.74) is 4.24. The van der Waals surface area contributed by atoms with Gasteiger partial charge in [0.1, 0.15) is 12.1 Å². The maximum atomic E-state index is 13.5. The molecular formula is C29H41N5O5S. The Kier molecular flexibility index (Phi) is 9.73. The van der Waals surface area contributed by atoms with Gasteiger partial charge in [-0.3, -0.25) is 19.2 Å². The van der Waals surface area contributed by atoms with Crippen LogP contribution in [0.3, 0.4) is 0 Å². The highest BCUT2D eigenvalue weighted by molar-refractivity contribution is 7.13. The van der Waals surface area contributed by atoms with Gasteiger partial charge in [-0.05, 0) is 36.5 Å². The Hall–Kier alpha value is -3.31. The fourth-order valence-electron chi connectivity index (χ4n) is 4.75. The van der Waals surface area contributed by atoms with E-state index in [0.29, 0.717) is 11.3 Å². The number of rotatable bonds is 8. The van der Waals surface area contributed by atoms with E-state index in [0.717, 1.165) is 16.1 Å². The molecule has 4 amide bonds. The van der Waals surface area contributed by atoms with Gasteiger partial charge in [-0.1, -0.05) is 46.8 Å². The molecule has 4 N–H and O–H groups in total. The third kappa shape index (κ3) is 7.25. The number of benzene rings is 1. The highest BCUT2D eigenvalue weighted by Crippen LogP contribution is 2.34. The van der Waals surface area contributed by atoms with Crippen LogP contribution in [0, 0.1) is 18.3 Å². The van der Waals surface area contributed by atoms with Crippen LogP contribution in [0.1, 0.15) is 72.2 Å². The number of amides is 4. The molecule has 1 aromatic heterocycles. The van der Waals surface area contributed by atoms with E-state index < -0.39 is 41.5 Å². The molecule has 0 saturated carbocycles. The first-order chi connectivity index (χ1) is 18.6. The number of carbonyl (C=O) groups excluding carboxylic acids is 4. The van der Waals surface area contributed by atoms with Gasteiger partial charge in [-0.25, -0.2) is 4.98 Å². The fraction of sp³-hybridized carbons (Fsp3) is 0.552. The van der Waals surface area contributed by atoms with Gasteiger partial charge in [0.05, 0.1) is 28.2 Å². The number of aliphatic hydroxyl groups excluding tert-OH is 1. The molecule has 0 spiro atoms. The van der Waals surface area contributed by atoms with Gasteiger partial charge in [-0.2, -0.15) is 0 Å². The van der Waals surface area contributed by atoms with Crippen LogP contribution in [-0.4, -0.2) is 63.4 Å². The van der Waals surface area contributed by atoms with Crippen LogP contribution < -0.4 is 16.0 Å². The van der Waals surface area contributed by atoms with E-state index in [4.69, 9.17) is 0 Å². The van der Waals surface area contributed by atoms with Crippen molar-refractivity contribution in [3.8, 4) is 10.4 Å². The Morgan fingerprint density at radius 1 is 1.12 bits per heavy atom. The van der Waals surface area contributed by atoms with E-state index >= 15 is 0 Å². The fourth-order valence-corrected chi connectivity index (χ4v) is 5.55. The Morgan fingerprint density at radius 2 is 1.80 bits per heavy atom. The molecule has 2 heterocycles. The van der Waals surface area contributed by atoms with E-state index in [1.807, 2.05) is 52.8 Å². The van der Waals surface area contributed by atoms with Crippen LogP contribution in [0.15, 0.2) is 23.7 Å². The molecular weight excluding hydrogens is 530 g/mol. The second-order valence-corrected chi connectivity index (χ2v) is 12.7. The molecule has 1 fully saturated rings. The number of likely N-dealkylation sites (tertiary alicyclic amines) is 1. The largest absolute Gasteiger partial charge is 0.391 e. The molecule has 1 saturated heterocycles. The SMILES string of the molecule is CC(=O)N[C@H](C(=O)N1C[C@H](O)C[C@H]1C(=O)N[C@@H](C)c1ccc(-c2scnc2C)cc1NC(=O)C(C)C)C(C)(C)C. The van der Waals surface area contributed by atoms with Gasteiger partial charge in [0.25, 0.3) is 0 Å². The lowest BCUT2D eigenvalue weighted by Crippen LogP contribution is -2.57. The van der Waals surface area contributed by atoms with E-state index in [-0.39, 0.29) is 30.7 Å². The summed E-state index contributed by atoms with van der Waals surface area (Å²) in [7, 11) is 0. The smallest absolute Gasteiger partial charge is 0.246 e. The maximum absolute atomic E-state index is 13.5. The second-order valence-electron chi connectivity index (χ2n) is 11.8. The van der Waals surface area contributed by atoms with Crippen molar-refractivity contribution in [2.75, 3.05) is 11.9 Å². The van der Waals surface area contributed by atoms with E-state index in [2.05, 4.69) is 20.9 Å². The number of carbonyl (C=O) groups is 4. The van der Waals surface area contributed by atoms with Gasteiger partial charge < -0.3 is 26.0 Å². The average Bonchev–Trinajstić information content (AvgIpc) is 3.46. The molecule has 11 heteroatoms. The summed E-state index contributed by atoms with van der Waals surface area (Å²) in [6.45, 7) is 14.2. The third-order valence-electron chi connectivity index (χ3n) is 6.99. The molecule has 2 aromatic rings.